The molecule has 1 heterocycles. The van der Waals surface area contributed by atoms with Crippen LogP contribution >= 0.6 is 15.9 Å². The lowest BCUT2D eigenvalue weighted by Gasteiger charge is -2.15. The summed E-state index contributed by atoms with van der Waals surface area (Å²) in [5.74, 6) is -1.06. The van der Waals surface area contributed by atoms with E-state index in [1.807, 2.05) is 0 Å². The molecule has 1 amide bonds. The van der Waals surface area contributed by atoms with Crippen LogP contribution in [-0.4, -0.2) is 37.9 Å². The highest BCUT2D eigenvalue weighted by molar-refractivity contribution is 9.10. The standard InChI is InChI=1S/C15H18BrNO5S/c1-10(15(19)17-13-4-2-12(16)3-5-13)22-14(18)8-11-6-7-23(20,21)9-11/h2-5,10-11H,6-9H2,1H3,(H,17,19)/t10-,11-/m1/s1. The van der Waals surface area contributed by atoms with E-state index in [9.17, 15) is 18.0 Å². The summed E-state index contributed by atoms with van der Waals surface area (Å²) < 4.78 is 28.7. The molecule has 2 rings (SSSR count). The smallest absolute Gasteiger partial charge is 0.306 e. The number of esters is 1. The van der Waals surface area contributed by atoms with Gasteiger partial charge in [0.1, 0.15) is 0 Å². The third kappa shape index (κ3) is 5.62. The quantitative estimate of drug-likeness (QED) is 0.760. The number of rotatable bonds is 5. The van der Waals surface area contributed by atoms with Gasteiger partial charge < -0.3 is 10.1 Å². The average molecular weight is 404 g/mol. The molecule has 1 aromatic rings. The van der Waals surface area contributed by atoms with Gasteiger partial charge in [-0.2, -0.15) is 0 Å². The lowest BCUT2D eigenvalue weighted by atomic mass is 10.1. The number of hydrogen-bond donors (Lipinski definition) is 1. The maximum absolute atomic E-state index is 12.0. The number of hydrogen-bond acceptors (Lipinski definition) is 5. The molecule has 126 valence electrons. The van der Waals surface area contributed by atoms with Gasteiger partial charge in [0.25, 0.3) is 5.91 Å². The van der Waals surface area contributed by atoms with Gasteiger partial charge >= 0.3 is 5.97 Å². The van der Waals surface area contributed by atoms with Gasteiger partial charge in [0.05, 0.1) is 11.5 Å². The topological polar surface area (TPSA) is 89.5 Å². The lowest BCUT2D eigenvalue weighted by Crippen LogP contribution is -2.30. The second-order valence-corrected chi connectivity index (χ2v) is 8.75. The second kappa shape index (κ2) is 7.44. The summed E-state index contributed by atoms with van der Waals surface area (Å²) in [5, 5.41) is 2.65. The Kier molecular flexibility index (Phi) is 5.80. The molecule has 1 aliphatic rings. The van der Waals surface area contributed by atoms with Crippen LogP contribution in [0.5, 0.6) is 0 Å². The van der Waals surface area contributed by atoms with Gasteiger partial charge in [0.2, 0.25) is 0 Å². The Hall–Kier alpha value is -1.41. The number of benzene rings is 1. The van der Waals surface area contributed by atoms with Crippen molar-refractivity contribution >= 4 is 43.3 Å². The predicted octanol–water partition coefficient (Wildman–Crippen LogP) is 2.14. The Labute approximate surface area is 143 Å². The SMILES string of the molecule is C[C@@H](OC(=O)C[C@H]1CCS(=O)(=O)C1)C(=O)Nc1ccc(Br)cc1. The largest absolute Gasteiger partial charge is 0.453 e. The molecule has 6 nitrogen and oxygen atoms in total. The fraction of sp³-hybridized carbons (Fsp3) is 0.467. The normalized spacial score (nSPS) is 20.7. The number of amides is 1. The highest BCUT2D eigenvalue weighted by atomic mass is 79.9. The average Bonchev–Trinajstić information content (AvgIpc) is 2.80. The highest BCUT2D eigenvalue weighted by Gasteiger charge is 2.30. The van der Waals surface area contributed by atoms with Gasteiger partial charge in [-0.05, 0) is 43.5 Å². The molecule has 1 aromatic carbocycles. The number of carbonyl (C=O) groups excluding carboxylic acids is 2. The van der Waals surface area contributed by atoms with Gasteiger partial charge in [-0.1, -0.05) is 15.9 Å². The minimum atomic E-state index is -3.02. The Morgan fingerprint density at radius 2 is 2.00 bits per heavy atom. The minimum Gasteiger partial charge on any atom is -0.453 e. The molecule has 0 aromatic heterocycles. The van der Waals surface area contributed by atoms with Crippen molar-refractivity contribution in [3.05, 3.63) is 28.7 Å². The van der Waals surface area contributed by atoms with Crippen LogP contribution in [-0.2, 0) is 24.2 Å². The van der Waals surface area contributed by atoms with Crippen LogP contribution in [0.3, 0.4) is 0 Å². The summed E-state index contributed by atoms with van der Waals surface area (Å²) in [5.41, 5.74) is 0.600. The van der Waals surface area contributed by atoms with E-state index >= 15 is 0 Å². The number of nitrogens with one attached hydrogen (secondary N) is 1. The summed E-state index contributed by atoms with van der Waals surface area (Å²) in [6.45, 7) is 1.48. The zero-order valence-corrected chi connectivity index (χ0v) is 15.0. The van der Waals surface area contributed by atoms with Gasteiger partial charge in [0.15, 0.2) is 15.9 Å². The third-order valence-corrected chi connectivity index (χ3v) is 5.94. The molecule has 23 heavy (non-hydrogen) atoms. The van der Waals surface area contributed by atoms with E-state index in [4.69, 9.17) is 4.74 Å². The van der Waals surface area contributed by atoms with Crippen LogP contribution in [0, 0.1) is 5.92 Å². The first-order valence-corrected chi connectivity index (χ1v) is 9.83. The van der Waals surface area contributed by atoms with E-state index < -0.39 is 27.8 Å². The van der Waals surface area contributed by atoms with Crippen LogP contribution in [0.2, 0.25) is 0 Å². The molecule has 0 unspecified atom stereocenters. The molecule has 1 aliphatic heterocycles. The summed E-state index contributed by atoms with van der Waals surface area (Å²) >= 11 is 3.30. The van der Waals surface area contributed by atoms with E-state index in [1.54, 1.807) is 24.3 Å². The van der Waals surface area contributed by atoms with Crippen molar-refractivity contribution in [2.24, 2.45) is 5.92 Å². The van der Waals surface area contributed by atoms with Crippen LogP contribution in [0.4, 0.5) is 5.69 Å². The summed E-state index contributed by atoms with van der Waals surface area (Å²) in [6, 6.07) is 7.01. The van der Waals surface area contributed by atoms with E-state index in [0.29, 0.717) is 12.1 Å². The number of sulfone groups is 1. The first kappa shape index (κ1) is 17.9. The Morgan fingerprint density at radius 3 is 2.57 bits per heavy atom. The molecule has 2 atom stereocenters. The molecule has 0 spiro atoms. The van der Waals surface area contributed by atoms with Gasteiger partial charge in [-0.15, -0.1) is 0 Å². The molecule has 1 fully saturated rings. The first-order chi connectivity index (χ1) is 10.7. The molecule has 8 heteroatoms. The Morgan fingerprint density at radius 1 is 1.35 bits per heavy atom. The van der Waals surface area contributed by atoms with E-state index in [1.165, 1.54) is 6.92 Å². The third-order valence-electron chi connectivity index (χ3n) is 3.57. The summed E-state index contributed by atoms with van der Waals surface area (Å²) in [7, 11) is -3.02. The summed E-state index contributed by atoms with van der Waals surface area (Å²) in [6.07, 6.45) is -0.448. The maximum atomic E-state index is 12.0. The molecule has 1 saturated heterocycles. The number of anilines is 1. The first-order valence-electron chi connectivity index (χ1n) is 7.21. The van der Waals surface area contributed by atoms with Crippen molar-refractivity contribution in [3.8, 4) is 0 Å². The fourth-order valence-electron chi connectivity index (χ4n) is 2.34. The molecule has 0 bridgehead atoms. The monoisotopic (exact) mass is 403 g/mol. The van der Waals surface area contributed by atoms with E-state index in [2.05, 4.69) is 21.2 Å². The minimum absolute atomic E-state index is 0.0154. The van der Waals surface area contributed by atoms with Crippen molar-refractivity contribution in [1.29, 1.82) is 0 Å². The van der Waals surface area contributed by atoms with Gasteiger partial charge in [-0.25, -0.2) is 8.42 Å². The number of halogens is 1. The molecular formula is C15H18BrNO5S. The van der Waals surface area contributed by atoms with Crippen molar-refractivity contribution in [2.75, 3.05) is 16.8 Å². The zero-order chi connectivity index (χ0) is 17.0. The number of ether oxygens (including phenoxy) is 1. The second-order valence-electron chi connectivity index (χ2n) is 5.60. The summed E-state index contributed by atoms with van der Waals surface area (Å²) in [4.78, 5) is 23.8. The zero-order valence-electron chi connectivity index (χ0n) is 12.6. The van der Waals surface area contributed by atoms with Crippen LogP contribution in [0.1, 0.15) is 19.8 Å². The Balaban J connectivity index is 1.81. The Bertz CT molecular complexity index is 686. The van der Waals surface area contributed by atoms with Crippen molar-refractivity contribution in [1.82, 2.24) is 0 Å². The highest BCUT2D eigenvalue weighted by Crippen LogP contribution is 2.22. The lowest BCUT2D eigenvalue weighted by molar-refractivity contribution is -0.153. The van der Waals surface area contributed by atoms with Crippen molar-refractivity contribution in [2.45, 2.75) is 25.9 Å². The maximum Gasteiger partial charge on any atom is 0.306 e. The van der Waals surface area contributed by atoms with Crippen LogP contribution < -0.4 is 5.32 Å². The van der Waals surface area contributed by atoms with Gasteiger partial charge in [-0.3, -0.25) is 9.59 Å². The van der Waals surface area contributed by atoms with Crippen LogP contribution in [0.25, 0.3) is 0 Å². The van der Waals surface area contributed by atoms with Crippen LogP contribution in [0.15, 0.2) is 28.7 Å². The molecule has 0 radical (unpaired) electrons. The van der Waals surface area contributed by atoms with Crippen molar-refractivity contribution < 1.29 is 22.7 Å². The molecular weight excluding hydrogens is 386 g/mol. The van der Waals surface area contributed by atoms with Crippen molar-refractivity contribution in [3.63, 3.8) is 0 Å². The molecule has 1 N–H and O–H groups in total. The fourth-order valence-corrected chi connectivity index (χ4v) is 4.47. The number of carbonyl (C=O) groups is 2. The van der Waals surface area contributed by atoms with E-state index in [-0.39, 0.29) is 23.8 Å². The van der Waals surface area contributed by atoms with Gasteiger partial charge in [0, 0.05) is 16.6 Å². The predicted molar refractivity (Wildman–Crippen MR) is 89.7 cm³/mol. The molecule has 0 saturated carbocycles. The van der Waals surface area contributed by atoms with E-state index in [0.717, 1.165) is 4.47 Å². The molecule has 0 aliphatic carbocycles.